The Balaban J connectivity index is 2.52. The second kappa shape index (κ2) is 4.45. The van der Waals surface area contributed by atoms with Crippen molar-refractivity contribution in [3.63, 3.8) is 0 Å². The Morgan fingerprint density at radius 1 is 1.67 bits per heavy atom. The Morgan fingerprint density at radius 2 is 2.42 bits per heavy atom. The number of amides is 1. The lowest BCUT2D eigenvalue weighted by Crippen LogP contribution is -2.34. The summed E-state index contributed by atoms with van der Waals surface area (Å²) in [7, 11) is 0. The van der Waals surface area contributed by atoms with Gasteiger partial charge in [-0.25, -0.2) is 0 Å². The van der Waals surface area contributed by atoms with Crippen LogP contribution in [0.1, 0.15) is 26.2 Å². The highest BCUT2D eigenvalue weighted by Crippen LogP contribution is 2.15. The second-order valence-corrected chi connectivity index (χ2v) is 3.43. The van der Waals surface area contributed by atoms with E-state index in [9.17, 15) is 4.79 Å². The van der Waals surface area contributed by atoms with Crippen LogP contribution in [0.15, 0.2) is 0 Å². The topological polar surface area (TPSA) is 46.3 Å². The Bertz CT molecular complexity index is 159. The number of carbonyl (C=O) groups is 1. The van der Waals surface area contributed by atoms with Crippen LogP contribution in [0, 0.1) is 5.92 Å². The molecule has 1 saturated heterocycles. The summed E-state index contributed by atoms with van der Waals surface area (Å²) in [4.78, 5) is 13.3. The average molecular weight is 170 g/mol. The molecular weight excluding hydrogens is 152 g/mol. The quantitative estimate of drug-likeness (QED) is 0.659. The molecule has 3 nitrogen and oxygen atoms in total. The fourth-order valence-electron chi connectivity index (χ4n) is 1.70. The van der Waals surface area contributed by atoms with Crippen LogP contribution in [0.5, 0.6) is 0 Å². The van der Waals surface area contributed by atoms with E-state index in [1.807, 2.05) is 11.8 Å². The third kappa shape index (κ3) is 2.21. The number of hydrogen-bond donors (Lipinski definition) is 1. The maximum absolute atomic E-state index is 11.4. The van der Waals surface area contributed by atoms with Crippen LogP contribution in [0.3, 0.4) is 0 Å². The standard InChI is InChI=1S/C9H18N2O/c1-2-11-7-8(6-10)4-3-5-9(11)12/h8H,2-7,10H2,1H3. The van der Waals surface area contributed by atoms with Crippen molar-refractivity contribution in [1.29, 1.82) is 0 Å². The van der Waals surface area contributed by atoms with Crippen molar-refractivity contribution in [2.45, 2.75) is 26.2 Å². The zero-order valence-electron chi connectivity index (χ0n) is 7.75. The molecule has 1 aliphatic heterocycles. The van der Waals surface area contributed by atoms with Crippen LogP contribution in [-0.2, 0) is 4.79 Å². The van der Waals surface area contributed by atoms with Gasteiger partial charge >= 0.3 is 0 Å². The SMILES string of the molecule is CCN1CC(CN)CCCC1=O. The smallest absolute Gasteiger partial charge is 0.222 e. The van der Waals surface area contributed by atoms with Gasteiger partial charge < -0.3 is 10.6 Å². The monoisotopic (exact) mass is 170 g/mol. The molecule has 0 radical (unpaired) electrons. The number of nitrogens with zero attached hydrogens (tertiary/aromatic N) is 1. The van der Waals surface area contributed by atoms with Gasteiger partial charge in [0.25, 0.3) is 0 Å². The molecule has 70 valence electrons. The van der Waals surface area contributed by atoms with Gasteiger partial charge in [0.1, 0.15) is 0 Å². The molecule has 12 heavy (non-hydrogen) atoms. The van der Waals surface area contributed by atoms with Gasteiger partial charge in [-0.05, 0) is 32.2 Å². The maximum atomic E-state index is 11.4. The predicted molar refractivity (Wildman–Crippen MR) is 48.6 cm³/mol. The first-order valence-electron chi connectivity index (χ1n) is 4.75. The van der Waals surface area contributed by atoms with Crippen molar-refractivity contribution in [3.05, 3.63) is 0 Å². The third-order valence-electron chi connectivity index (χ3n) is 2.55. The van der Waals surface area contributed by atoms with Gasteiger partial charge in [0.2, 0.25) is 5.91 Å². The molecular formula is C9H18N2O. The van der Waals surface area contributed by atoms with E-state index in [0.717, 1.165) is 25.9 Å². The Morgan fingerprint density at radius 3 is 3.00 bits per heavy atom. The van der Waals surface area contributed by atoms with Crippen LogP contribution in [-0.4, -0.2) is 30.4 Å². The van der Waals surface area contributed by atoms with Crippen molar-refractivity contribution >= 4 is 5.91 Å². The molecule has 0 aromatic heterocycles. The van der Waals surface area contributed by atoms with E-state index < -0.39 is 0 Å². The zero-order chi connectivity index (χ0) is 8.97. The highest BCUT2D eigenvalue weighted by Gasteiger charge is 2.20. The maximum Gasteiger partial charge on any atom is 0.222 e. The lowest BCUT2D eigenvalue weighted by atomic mass is 10.0. The van der Waals surface area contributed by atoms with E-state index in [0.29, 0.717) is 24.8 Å². The molecule has 1 amide bonds. The van der Waals surface area contributed by atoms with Gasteiger partial charge in [-0.2, -0.15) is 0 Å². The number of hydrogen-bond acceptors (Lipinski definition) is 2. The first-order chi connectivity index (χ1) is 5.77. The normalized spacial score (nSPS) is 25.7. The van der Waals surface area contributed by atoms with Gasteiger partial charge in [0, 0.05) is 19.5 Å². The molecule has 1 heterocycles. The number of likely N-dealkylation sites (tertiary alicyclic amines) is 1. The van der Waals surface area contributed by atoms with Gasteiger partial charge in [0.05, 0.1) is 0 Å². The molecule has 1 aliphatic rings. The fraction of sp³-hybridized carbons (Fsp3) is 0.889. The summed E-state index contributed by atoms with van der Waals surface area (Å²) in [6.07, 6.45) is 2.83. The van der Waals surface area contributed by atoms with Crippen LogP contribution in [0.2, 0.25) is 0 Å². The minimum absolute atomic E-state index is 0.299. The summed E-state index contributed by atoms with van der Waals surface area (Å²) in [6.45, 7) is 4.43. The summed E-state index contributed by atoms with van der Waals surface area (Å²) in [5, 5.41) is 0. The minimum Gasteiger partial charge on any atom is -0.343 e. The summed E-state index contributed by atoms with van der Waals surface area (Å²) >= 11 is 0. The molecule has 1 rings (SSSR count). The largest absolute Gasteiger partial charge is 0.343 e. The van der Waals surface area contributed by atoms with Crippen LogP contribution in [0.4, 0.5) is 0 Å². The number of rotatable bonds is 2. The van der Waals surface area contributed by atoms with Crippen molar-refractivity contribution in [2.24, 2.45) is 11.7 Å². The molecule has 0 aromatic carbocycles. The van der Waals surface area contributed by atoms with Crippen LogP contribution in [0.25, 0.3) is 0 Å². The third-order valence-corrected chi connectivity index (χ3v) is 2.55. The van der Waals surface area contributed by atoms with E-state index in [2.05, 4.69) is 0 Å². The van der Waals surface area contributed by atoms with E-state index in [4.69, 9.17) is 5.73 Å². The molecule has 0 saturated carbocycles. The molecule has 1 atom stereocenters. The molecule has 1 fully saturated rings. The molecule has 1 unspecified atom stereocenters. The molecule has 0 spiro atoms. The van der Waals surface area contributed by atoms with Crippen LogP contribution >= 0.6 is 0 Å². The number of nitrogens with two attached hydrogens (primary N) is 1. The highest BCUT2D eigenvalue weighted by molar-refractivity contribution is 5.76. The van der Waals surface area contributed by atoms with E-state index in [-0.39, 0.29) is 0 Å². The highest BCUT2D eigenvalue weighted by atomic mass is 16.2. The van der Waals surface area contributed by atoms with Gasteiger partial charge in [0.15, 0.2) is 0 Å². The Labute approximate surface area is 73.9 Å². The van der Waals surface area contributed by atoms with Crippen molar-refractivity contribution < 1.29 is 4.79 Å². The van der Waals surface area contributed by atoms with E-state index >= 15 is 0 Å². The lowest BCUT2D eigenvalue weighted by molar-refractivity contribution is -0.130. The molecule has 0 aromatic rings. The molecule has 2 N–H and O–H groups in total. The van der Waals surface area contributed by atoms with Gasteiger partial charge in [-0.15, -0.1) is 0 Å². The number of carbonyl (C=O) groups excluding carboxylic acids is 1. The average Bonchev–Trinajstić information content (AvgIpc) is 2.27. The summed E-state index contributed by atoms with van der Waals surface area (Å²) in [5.74, 6) is 0.824. The van der Waals surface area contributed by atoms with E-state index in [1.54, 1.807) is 0 Å². The summed E-state index contributed by atoms with van der Waals surface area (Å²) < 4.78 is 0. The van der Waals surface area contributed by atoms with Gasteiger partial charge in [-0.1, -0.05) is 0 Å². The first-order valence-corrected chi connectivity index (χ1v) is 4.75. The predicted octanol–water partition coefficient (Wildman–Crippen LogP) is 0.594. The van der Waals surface area contributed by atoms with Crippen molar-refractivity contribution in [3.8, 4) is 0 Å². The first kappa shape index (κ1) is 9.52. The Kier molecular flexibility index (Phi) is 3.53. The van der Waals surface area contributed by atoms with Crippen molar-refractivity contribution in [2.75, 3.05) is 19.6 Å². The minimum atomic E-state index is 0.299. The van der Waals surface area contributed by atoms with E-state index in [1.165, 1.54) is 0 Å². The van der Waals surface area contributed by atoms with Gasteiger partial charge in [-0.3, -0.25) is 4.79 Å². The zero-order valence-corrected chi connectivity index (χ0v) is 7.75. The second-order valence-electron chi connectivity index (χ2n) is 3.43. The lowest BCUT2D eigenvalue weighted by Gasteiger charge is -2.21. The van der Waals surface area contributed by atoms with Crippen molar-refractivity contribution in [1.82, 2.24) is 4.90 Å². The molecule has 3 heteroatoms. The fourth-order valence-corrected chi connectivity index (χ4v) is 1.70. The molecule has 0 aliphatic carbocycles. The Hall–Kier alpha value is -0.570. The summed E-state index contributed by atoms with van der Waals surface area (Å²) in [5.41, 5.74) is 5.60. The molecule has 0 bridgehead atoms. The summed E-state index contributed by atoms with van der Waals surface area (Å²) in [6, 6.07) is 0. The van der Waals surface area contributed by atoms with Crippen LogP contribution < -0.4 is 5.73 Å².